The molecule has 1 aromatic carbocycles. The zero-order chi connectivity index (χ0) is 14.3. The predicted molar refractivity (Wildman–Crippen MR) is 72.5 cm³/mol. The Hall–Kier alpha value is -2.43. The van der Waals surface area contributed by atoms with Gasteiger partial charge in [-0.25, -0.2) is 9.48 Å². The lowest BCUT2D eigenvalue weighted by Gasteiger charge is -2.06. The van der Waals surface area contributed by atoms with Gasteiger partial charge in [0, 0.05) is 12.8 Å². The number of rotatable bonds is 4. The van der Waals surface area contributed by atoms with Crippen molar-refractivity contribution in [2.45, 2.75) is 25.7 Å². The third kappa shape index (κ3) is 2.01. The topological polar surface area (TPSA) is 72.2 Å². The summed E-state index contributed by atoms with van der Waals surface area (Å²) in [7, 11) is 0. The first-order valence-electron chi connectivity index (χ1n) is 6.52. The Bertz CT molecular complexity index is 685. The minimum absolute atomic E-state index is 0.0447. The number of carboxylic acids is 1. The van der Waals surface area contributed by atoms with E-state index in [1.807, 2.05) is 30.3 Å². The number of carbonyl (C=O) groups is 2. The molecule has 1 saturated carbocycles. The highest BCUT2D eigenvalue weighted by Gasteiger charge is 2.36. The minimum atomic E-state index is -1.08. The van der Waals surface area contributed by atoms with Crippen LogP contribution in [0.25, 0.3) is 5.69 Å². The van der Waals surface area contributed by atoms with E-state index >= 15 is 0 Å². The fraction of sp³-hybridized carbons (Fsp3) is 0.267. The molecule has 5 nitrogen and oxygen atoms in total. The highest BCUT2D eigenvalue weighted by atomic mass is 16.4. The summed E-state index contributed by atoms with van der Waals surface area (Å²) in [5, 5.41) is 13.7. The van der Waals surface area contributed by atoms with E-state index in [4.69, 9.17) is 0 Å². The first kappa shape index (κ1) is 12.6. The van der Waals surface area contributed by atoms with E-state index < -0.39 is 5.97 Å². The van der Waals surface area contributed by atoms with Gasteiger partial charge in [-0.15, -0.1) is 0 Å². The van der Waals surface area contributed by atoms with E-state index in [0.29, 0.717) is 5.69 Å². The molecule has 5 heteroatoms. The van der Waals surface area contributed by atoms with Crippen LogP contribution in [-0.2, 0) is 0 Å². The Kier molecular flexibility index (Phi) is 2.89. The Labute approximate surface area is 115 Å². The van der Waals surface area contributed by atoms with Gasteiger partial charge in [-0.2, -0.15) is 5.10 Å². The maximum absolute atomic E-state index is 11.7. The Balaban J connectivity index is 2.27. The van der Waals surface area contributed by atoms with Crippen LogP contribution in [0.5, 0.6) is 0 Å². The molecule has 3 rings (SSSR count). The first-order chi connectivity index (χ1) is 9.59. The maximum Gasteiger partial charge on any atom is 0.339 e. The van der Waals surface area contributed by atoms with Gasteiger partial charge in [0.05, 0.1) is 11.4 Å². The molecule has 1 heterocycles. The molecule has 0 aliphatic heterocycles. The van der Waals surface area contributed by atoms with Gasteiger partial charge in [0.15, 0.2) is 5.78 Å². The quantitative estimate of drug-likeness (QED) is 0.867. The number of benzene rings is 1. The number of nitrogens with zero attached hydrogens (tertiary/aromatic N) is 2. The fourth-order valence-electron chi connectivity index (χ4n) is 2.39. The lowest BCUT2D eigenvalue weighted by molar-refractivity contribution is 0.0691. The van der Waals surface area contributed by atoms with Crippen LogP contribution < -0.4 is 0 Å². The minimum Gasteiger partial charge on any atom is -0.478 e. The average molecular weight is 270 g/mol. The summed E-state index contributed by atoms with van der Waals surface area (Å²) in [4.78, 5) is 23.2. The number of hydrogen-bond donors (Lipinski definition) is 1. The van der Waals surface area contributed by atoms with Crippen LogP contribution in [-0.4, -0.2) is 26.6 Å². The second-order valence-electron chi connectivity index (χ2n) is 4.99. The van der Waals surface area contributed by atoms with Gasteiger partial charge in [-0.05, 0) is 25.0 Å². The number of para-hydroxylation sites is 1. The van der Waals surface area contributed by atoms with E-state index in [0.717, 1.165) is 18.5 Å². The van der Waals surface area contributed by atoms with Crippen molar-refractivity contribution in [2.24, 2.45) is 0 Å². The normalized spacial score (nSPS) is 14.2. The number of carboxylic acid groups (broad SMARTS) is 1. The molecule has 2 aromatic rings. The highest BCUT2D eigenvalue weighted by molar-refractivity contribution is 6.04. The summed E-state index contributed by atoms with van der Waals surface area (Å²) < 4.78 is 1.61. The molecule has 0 spiro atoms. The summed E-state index contributed by atoms with van der Waals surface area (Å²) in [6.45, 7) is 1.35. The van der Waals surface area contributed by atoms with Crippen LogP contribution >= 0.6 is 0 Å². The van der Waals surface area contributed by atoms with Crippen molar-refractivity contribution in [2.75, 3.05) is 0 Å². The number of Topliss-reactive ketones (excluding diaryl/α,β-unsaturated/α-hetero) is 1. The number of aromatic carboxylic acids is 1. The number of hydrogen-bond acceptors (Lipinski definition) is 3. The van der Waals surface area contributed by atoms with Gasteiger partial charge < -0.3 is 5.11 Å². The SMILES string of the molecule is CC(=O)c1nn(-c2ccccc2)c(C2CC2)c1C(=O)O. The largest absolute Gasteiger partial charge is 0.478 e. The molecular formula is C15H14N2O3. The first-order valence-corrected chi connectivity index (χ1v) is 6.52. The molecule has 0 radical (unpaired) electrons. The van der Waals surface area contributed by atoms with E-state index in [1.54, 1.807) is 4.68 Å². The fourth-order valence-corrected chi connectivity index (χ4v) is 2.39. The molecule has 1 N–H and O–H groups in total. The summed E-state index contributed by atoms with van der Waals surface area (Å²) in [5.74, 6) is -1.22. The van der Waals surface area contributed by atoms with E-state index in [2.05, 4.69) is 5.10 Å². The third-order valence-electron chi connectivity index (χ3n) is 3.43. The van der Waals surface area contributed by atoms with Crippen LogP contribution in [0.4, 0.5) is 0 Å². The predicted octanol–water partition coefficient (Wildman–Crippen LogP) is 2.65. The molecule has 1 aliphatic carbocycles. The number of aromatic nitrogens is 2. The van der Waals surface area contributed by atoms with Gasteiger partial charge in [-0.3, -0.25) is 4.79 Å². The molecule has 0 saturated heterocycles. The second-order valence-corrected chi connectivity index (χ2v) is 4.99. The van der Waals surface area contributed by atoms with Gasteiger partial charge in [-0.1, -0.05) is 18.2 Å². The molecule has 102 valence electrons. The highest BCUT2D eigenvalue weighted by Crippen LogP contribution is 2.43. The maximum atomic E-state index is 11.7. The molecule has 0 amide bonds. The summed E-state index contributed by atoms with van der Waals surface area (Å²) in [5.41, 5.74) is 1.53. The third-order valence-corrected chi connectivity index (χ3v) is 3.43. The summed E-state index contributed by atoms with van der Waals surface area (Å²) in [6.07, 6.45) is 1.88. The molecule has 0 bridgehead atoms. The van der Waals surface area contributed by atoms with Crippen LogP contribution in [0.3, 0.4) is 0 Å². The Morgan fingerprint density at radius 2 is 1.90 bits per heavy atom. The van der Waals surface area contributed by atoms with Crippen molar-refractivity contribution in [1.82, 2.24) is 9.78 Å². The molecule has 0 unspecified atom stereocenters. The van der Waals surface area contributed by atoms with Crippen molar-refractivity contribution in [3.63, 3.8) is 0 Å². The van der Waals surface area contributed by atoms with Crippen molar-refractivity contribution < 1.29 is 14.7 Å². The van der Waals surface area contributed by atoms with Gasteiger partial charge >= 0.3 is 5.97 Å². The standard InChI is InChI=1S/C15H14N2O3/c1-9(18)13-12(15(19)20)14(10-7-8-10)17(16-13)11-5-3-2-4-6-11/h2-6,10H,7-8H2,1H3,(H,19,20). The summed E-state index contributed by atoms with van der Waals surface area (Å²) in [6, 6.07) is 9.32. The van der Waals surface area contributed by atoms with Crippen LogP contribution in [0.2, 0.25) is 0 Å². The Morgan fingerprint density at radius 3 is 2.40 bits per heavy atom. The van der Waals surface area contributed by atoms with Gasteiger partial charge in [0.1, 0.15) is 11.3 Å². The molecule has 20 heavy (non-hydrogen) atoms. The smallest absolute Gasteiger partial charge is 0.339 e. The molecular weight excluding hydrogens is 256 g/mol. The second kappa shape index (κ2) is 4.59. The van der Waals surface area contributed by atoms with Crippen LogP contribution in [0, 0.1) is 0 Å². The van der Waals surface area contributed by atoms with Crippen molar-refractivity contribution in [3.05, 3.63) is 47.3 Å². The number of ketones is 1. The molecule has 0 atom stereocenters. The molecule has 1 fully saturated rings. The van der Waals surface area contributed by atoms with E-state index in [1.165, 1.54) is 6.92 Å². The van der Waals surface area contributed by atoms with Gasteiger partial charge in [0.25, 0.3) is 0 Å². The van der Waals surface area contributed by atoms with Gasteiger partial charge in [0.2, 0.25) is 0 Å². The molecule has 1 aromatic heterocycles. The Morgan fingerprint density at radius 1 is 1.25 bits per heavy atom. The van der Waals surface area contributed by atoms with Crippen molar-refractivity contribution >= 4 is 11.8 Å². The molecule has 1 aliphatic rings. The zero-order valence-corrected chi connectivity index (χ0v) is 11.0. The lowest BCUT2D eigenvalue weighted by atomic mass is 10.1. The number of carbonyl (C=O) groups excluding carboxylic acids is 1. The van der Waals surface area contributed by atoms with E-state index in [-0.39, 0.29) is 23.0 Å². The van der Waals surface area contributed by atoms with Crippen molar-refractivity contribution in [3.8, 4) is 5.69 Å². The summed E-state index contributed by atoms with van der Waals surface area (Å²) >= 11 is 0. The van der Waals surface area contributed by atoms with E-state index in [9.17, 15) is 14.7 Å². The average Bonchev–Trinajstić information content (AvgIpc) is 3.18. The van der Waals surface area contributed by atoms with Crippen molar-refractivity contribution in [1.29, 1.82) is 0 Å². The lowest BCUT2D eigenvalue weighted by Crippen LogP contribution is -2.07. The van der Waals surface area contributed by atoms with Crippen LogP contribution in [0.15, 0.2) is 30.3 Å². The zero-order valence-electron chi connectivity index (χ0n) is 11.0. The monoisotopic (exact) mass is 270 g/mol. The van der Waals surface area contributed by atoms with Crippen LogP contribution in [0.1, 0.15) is 52.2 Å².